The van der Waals surface area contributed by atoms with Crippen molar-refractivity contribution in [1.29, 1.82) is 0 Å². The fourth-order valence-electron chi connectivity index (χ4n) is 1.83. The van der Waals surface area contributed by atoms with Crippen LogP contribution in [0.3, 0.4) is 0 Å². The molecule has 1 aromatic rings. The van der Waals surface area contributed by atoms with Crippen LogP contribution in [0, 0.1) is 0 Å². The van der Waals surface area contributed by atoms with Crippen molar-refractivity contribution in [2.75, 3.05) is 13.1 Å². The molecule has 4 heteroatoms. The third-order valence-electron chi connectivity index (χ3n) is 2.57. The molecule has 14 heavy (non-hydrogen) atoms. The van der Waals surface area contributed by atoms with E-state index >= 15 is 0 Å². The molecule has 3 N–H and O–H groups in total. The monoisotopic (exact) mass is 193 g/mol. The average molecular weight is 193 g/mol. The van der Waals surface area contributed by atoms with Crippen LogP contribution in [0.25, 0.3) is 0 Å². The second-order valence-corrected chi connectivity index (χ2v) is 3.74. The molecule has 1 atom stereocenters. The predicted octanol–water partition coefficient (Wildman–Crippen LogP) is 0.578. The molecule has 4 nitrogen and oxygen atoms in total. The molecule has 0 aliphatic carbocycles. The number of aromatic amines is 1. The van der Waals surface area contributed by atoms with Crippen LogP contribution in [0.1, 0.15) is 23.3 Å². The molecule has 0 aromatic carbocycles. The Labute approximate surface area is 83.1 Å². The number of likely N-dealkylation sites (tertiary alicyclic amines) is 1. The van der Waals surface area contributed by atoms with Crippen LogP contribution in [0.5, 0.6) is 0 Å². The smallest absolute Gasteiger partial charge is 0.270 e. The van der Waals surface area contributed by atoms with Gasteiger partial charge in [0.1, 0.15) is 5.69 Å². The lowest BCUT2D eigenvalue weighted by atomic mass is 10.1. The Hall–Kier alpha value is -1.29. The Morgan fingerprint density at radius 2 is 2.50 bits per heavy atom. The van der Waals surface area contributed by atoms with Gasteiger partial charge in [-0.1, -0.05) is 0 Å². The highest BCUT2D eigenvalue weighted by molar-refractivity contribution is 5.92. The molecule has 1 aliphatic rings. The van der Waals surface area contributed by atoms with Crippen molar-refractivity contribution in [1.82, 2.24) is 9.88 Å². The van der Waals surface area contributed by atoms with E-state index in [1.165, 1.54) is 0 Å². The second kappa shape index (κ2) is 3.84. The van der Waals surface area contributed by atoms with Gasteiger partial charge in [-0.3, -0.25) is 4.79 Å². The lowest BCUT2D eigenvalue weighted by molar-refractivity contribution is 0.0703. The van der Waals surface area contributed by atoms with Crippen LogP contribution in [0.15, 0.2) is 18.3 Å². The minimum absolute atomic E-state index is 0.0603. The topological polar surface area (TPSA) is 62.1 Å². The van der Waals surface area contributed by atoms with Gasteiger partial charge in [0.25, 0.3) is 5.91 Å². The largest absolute Gasteiger partial charge is 0.357 e. The minimum Gasteiger partial charge on any atom is -0.357 e. The maximum atomic E-state index is 11.8. The number of hydrogen-bond donors (Lipinski definition) is 2. The molecule has 0 saturated carbocycles. The molecule has 1 amide bonds. The summed E-state index contributed by atoms with van der Waals surface area (Å²) < 4.78 is 0. The van der Waals surface area contributed by atoms with Crippen molar-refractivity contribution in [3.63, 3.8) is 0 Å². The zero-order chi connectivity index (χ0) is 9.97. The van der Waals surface area contributed by atoms with Crippen molar-refractivity contribution in [2.24, 2.45) is 5.73 Å². The molecule has 2 heterocycles. The molecule has 76 valence electrons. The summed E-state index contributed by atoms with van der Waals surface area (Å²) in [5.74, 6) is 0.0603. The van der Waals surface area contributed by atoms with Crippen molar-refractivity contribution in [3.05, 3.63) is 24.0 Å². The van der Waals surface area contributed by atoms with E-state index < -0.39 is 0 Å². The van der Waals surface area contributed by atoms with Gasteiger partial charge in [0.2, 0.25) is 0 Å². The summed E-state index contributed by atoms with van der Waals surface area (Å²) in [5, 5.41) is 0. The molecular formula is C10H15N3O. The number of nitrogens with zero attached hydrogens (tertiary/aromatic N) is 1. The van der Waals surface area contributed by atoms with Crippen LogP contribution in [0.4, 0.5) is 0 Å². The van der Waals surface area contributed by atoms with Gasteiger partial charge in [0.05, 0.1) is 0 Å². The zero-order valence-electron chi connectivity index (χ0n) is 8.07. The predicted molar refractivity (Wildman–Crippen MR) is 53.9 cm³/mol. The number of nitrogens with two attached hydrogens (primary N) is 1. The third-order valence-corrected chi connectivity index (χ3v) is 2.57. The molecule has 1 unspecified atom stereocenters. The average Bonchev–Trinajstić information content (AvgIpc) is 2.69. The van der Waals surface area contributed by atoms with E-state index in [1.807, 2.05) is 11.0 Å². The minimum atomic E-state index is 0.0603. The number of rotatable bonds is 1. The maximum absolute atomic E-state index is 11.8. The summed E-state index contributed by atoms with van der Waals surface area (Å²) in [6.45, 7) is 1.50. The van der Waals surface area contributed by atoms with E-state index in [1.54, 1.807) is 12.3 Å². The summed E-state index contributed by atoms with van der Waals surface area (Å²) >= 11 is 0. The standard InChI is InChI=1S/C10H15N3O/c11-8-3-2-6-13(7-8)10(14)9-4-1-5-12-9/h1,4-5,8,12H,2-3,6-7,11H2. The van der Waals surface area contributed by atoms with Crippen molar-refractivity contribution >= 4 is 5.91 Å². The molecule has 2 rings (SSSR count). The number of piperidine rings is 1. The second-order valence-electron chi connectivity index (χ2n) is 3.74. The number of hydrogen-bond acceptors (Lipinski definition) is 2. The van der Waals surface area contributed by atoms with Gasteiger partial charge < -0.3 is 15.6 Å². The van der Waals surface area contributed by atoms with E-state index in [2.05, 4.69) is 4.98 Å². The molecular weight excluding hydrogens is 178 g/mol. The maximum Gasteiger partial charge on any atom is 0.270 e. The van der Waals surface area contributed by atoms with E-state index in [0.29, 0.717) is 12.2 Å². The van der Waals surface area contributed by atoms with Crippen molar-refractivity contribution in [2.45, 2.75) is 18.9 Å². The summed E-state index contributed by atoms with van der Waals surface area (Å²) in [6, 6.07) is 3.77. The van der Waals surface area contributed by atoms with Gasteiger partial charge in [0.15, 0.2) is 0 Å². The van der Waals surface area contributed by atoms with Crippen LogP contribution < -0.4 is 5.73 Å². The lowest BCUT2D eigenvalue weighted by Gasteiger charge is -2.30. The summed E-state index contributed by atoms with van der Waals surface area (Å²) in [5.41, 5.74) is 6.46. The molecule has 1 aromatic heterocycles. The fourth-order valence-corrected chi connectivity index (χ4v) is 1.83. The molecule has 0 bridgehead atoms. The third kappa shape index (κ3) is 1.80. The Bertz CT molecular complexity index is 307. The normalized spacial score (nSPS) is 22.4. The number of aromatic nitrogens is 1. The fraction of sp³-hybridized carbons (Fsp3) is 0.500. The van der Waals surface area contributed by atoms with Gasteiger partial charge in [-0.2, -0.15) is 0 Å². The first-order chi connectivity index (χ1) is 6.77. The first-order valence-electron chi connectivity index (χ1n) is 4.95. The Morgan fingerprint density at radius 3 is 3.14 bits per heavy atom. The van der Waals surface area contributed by atoms with Crippen molar-refractivity contribution < 1.29 is 4.79 Å². The molecule has 1 aliphatic heterocycles. The number of carbonyl (C=O) groups excluding carboxylic acids is 1. The van der Waals surface area contributed by atoms with E-state index in [-0.39, 0.29) is 11.9 Å². The van der Waals surface area contributed by atoms with E-state index in [0.717, 1.165) is 19.4 Å². The Morgan fingerprint density at radius 1 is 1.64 bits per heavy atom. The van der Waals surface area contributed by atoms with Gasteiger partial charge in [-0.15, -0.1) is 0 Å². The van der Waals surface area contributed by atoms with Crippen molar-refractivity contribution in [3.8, 4) is 0 Å². The summed E-state index contributed by atoms with van der Waals surface area (Å²) in [7, 11) is 0. The van der Waals surface area contributed by atoms with E-state index in [9.17, 15) is 4.79 Å². The number of carbonyl (C=O) groups is 1. The van der Waals surface area contributed by atoms with Gasteiger partial charge in [-0.25, -0.2) is 0 Å². The van der Waals surface area contributed by atoms with Crippen LogP contribution in [-0.4, -0.2) is 34.9 Å². The molecule has 0 radical (unpaired) electrons. The van der Waals surface area contributed by atoms with E-state index in [4.69, 9.17) is 5.73 Å². The number of nitrogens with one attached hydrogen (secondary N) is 1. The molecule has 1 fully saturated rings. The van der Waals surface area contributed by atoms with Gasteiger partial charge in [0, 0.05) is 25.3 Å². The molecule has 0 spiro atoms. The quantitative estimate of drug-likeness (QED) is 0.685. The van der Waals surface area contributed by atoms with Crippen LogP contribution >= 0.6 is 0 Å². The number of amides is 1. The van der Waals surface area contributed by atoms with Crippen LogP contribution in [-0.2, 0) is 0 Å². The summed E-state index contributed by atoms with van der Waals surface area (Å²) in [4.78, 5) is 16.6. The molecule has 1 saturated heterocycles. The summed E-state index contributed by atoms with van der Waals surface area (Å²) in [6.07, 6.45) is 3.79. The number of H-pyrrole nitrogens is 1. The highest BCUT2D eigenvalue weighted by atomic mass is 16.2. The first-order valence-corrected chi connectivity index (χ1v) is 4.95. The van der Waals surface area contributed by atoms with Crippen LogP contribution in [0.2, 0.25) is 0 Å². The lowest BCUT2D eigenvalue weighted by Crippen LogP contribution is -2.45. The highest BCUT2D eigenvalue weighted by Gasteiger charge is 2.22. The first kappa shape index (κ1) is 9.27. The Kier molecular flexibility index (Phi) is 2.54. The highest BCUT2D eigenvalue weighted by Crippen LogP contribution is 2.11. The Balaban J connectivity index is 2.04. The SMILES string of the molecule is NC1CCCN(C(=O)c2ccc[nH]2)C1. The van der Waals surface area contributed by atoms with Gasteiger partial charge in [-0.05, 0) is 25.0 Å². The zero-order valence-corrected chi connectivity index (χ0v) is 8.07. The van der Waals surface area contributed by atoms with Gasteiger partial charge >= 0.3 is 0 Å².